The predicted octanol–water partition coefficient (Wildman–Crippen LogP) is 4.27. The summed E-state index contributed by atoms with van der Waals surface area (Å²) in [6.45, 7) is 2.12. The average Bonchev–Trinajstić information content (AvgIpc) is 2.70. The van der Waals surface area contributed by atoms with E-state index in [1.807, 2.05) is 6.07 Å². The lowest BCUT2D eigenvalue weighted by Crippen LogP contribution is -1.93. The van der Waals surface area contributed by atoms with Crippen molar-refractivity contribution in [3.8, 4) is 0 Å². The molecule has 78 valence electrons. The SMILES string of the molecule is Cc1cccc(CC(Br)c2ccoc2)c1. The second-order valence-corrected chi connectivity index (χ2v) is 4.82. The monoisotopic (exact) mass is 264 g/mol. The molecule has 1 aromatic carbocycles. The molecular weight excluding hydrogens is 252 g/mol. The maximum atomic E-state index is 5.07. The Morgan fingerprint density at radius 1 is 1.33 bits per heavy atom. The lowest BCUT2D eigenvalue weighted by Gasteiger charge is -2.07. The fourth-order valence-corrected chi connectivity index (χ4v) is 2.25. The summed E-state index contributed by atoms with van der Waals surface area (Å²) >= 11 is 3.67. The Morgan fingerprint density at radius 3 is 2.87 bits per heavy atom. The number of alkyl halides is 1. The number of rotatable bonds is 3. The maximum absolute atomic E-state index is 5.07. The van der Waals surface area contributed by atoms with Gasteiger partial charge in [0.05, 0.1) is 12.5 Å². The zero-order chi connectivity index (χ0) is 10.7. The zero-order valence-electron chi connectivity index (χ0n) is 8.61. The number of furan rings is 1. The molecule has 1 heterocycles. The fourth-order valence-electron chi connectivity index (χ4n) is 1.62. The number of aryl methyl sites for hydroxylation is 1. The Bertz CT molecular complexity index is 420. The highest BCUT2D eigenvalue weighted by atomic mass is 79.9. The summed E-state index contributed by atoms with van der Waals surface area (Å²) in [5, 5.41) is 0. The van der Waals surface area contributed by atoms with Gasteiger partial charge in [-0.15, -0.1) is 0 Å². The van der Waals surface area contributed by atoms with Crippen LogP contribution in [0.15, 0.2) is 47.3 Å². The standard InChI is InChI=1S/C13H13BrO/c1-10-3-2-4-11(7-10)8-13(14)12-5-6-15-9-12/h2-7,9,13H,8H2,1H3. The van der Waals surface area contributed by atoms with Gasteiger partial charge < -0.3 is 4.42 Å². The van der Waals surface area contributed by atoms with Crippen molar-refractivity contribution >= 4 is 15.9 Å². The normalized spacial score (nSPS) is 12.7. The van der Waals surface area contributed by atoms with Crippen LogP contribution in [0.4, 0.5) is 0 Å². The summed E-state index contributed by atoms with van der Waals surface area (Å²) in [6, 6.07) is 10.6. The Kier molecular flexibility index (Phi) is 3.27. The Balaban J connectivity index is 2.09. The molecule has 0 aliphatic rings. The van der Waals surface area contributed by atoms with E-state index < -0.39 is 0 Å². The molecule has 0 bridgehead atoms. The Labute approximate surface area is 98.2 Å². The van der Waals surface area contributed by atoms with E-state index in [0.29, 0.717) is 4.83 Å². The molecule has 0 aliphatic heterocycles. The molecule has 0 aliphatic carbocycles. The molecule has 2 heteroatoms. The summed E-state index contributed by atoms with van der Waals surface area (Å²) in [6.07, 6.45) is 4.48. The van der Waals surface area contributed by atoms with Gasteiger partial charge in [0, 0.05) is 10.4 Å². The molecule has 2 aromatic rings. The van der Waals surface area contributed by atoms with E-state index >= 15 is 0 Å². The van der Waals surface area contributed by atoms with E-state index in [0.717, 1.165) is 6.42 Å². The van der Waals surface area contributed by atoms with Gasteiger partial charge in [0.2, 0.25) is 0 Å². The molecule has 0 spiro atoms. The van der Waals surface area contributed by atoms with Gasteiger partial charge in [0.15, 0.2) is 0 Å². The van der Waals surface area contributed by atoms with Crippen LogP contribution < -0.4 is 0 Å². The first-order chi connectivity index (χ1) is 7.25. The van der Waals surface area contributed by atoms with Crippen molar-refractivity contribution in [2.75, 3.05) is 0 Å². The molecule has 1 unspecified atom stereocenters. The van der Waals surface area contributed by atoms with Crippen molar-refractivity contribution in [2.24, 2.45) is 0 Å². The molecule has 1 aromatic heterocycles. The van der Waals surface area contributed by atoms with Crippen LogP contribution in [-0.4, -0.2) is 0 Å². The minimum absolute atomic E-state index is 0.332. The van der Waals surface area contributed by atoms with E-state index in [1.54, 1.807) is 12.5 Å². The molecule has 1 nitrogen and oxygen atoms in total. The summed E-state index contributed by atoms with van der Waals surface area (Å²) < 4.78 is 5.07. The van der Waals surface area contributed by atoms with Crippen LogP contribution in [0.25, 0.3) is 0 Å². The van der Waals surface area contributed by atoms with Gasteiger partial charge in [0.25, 0.3) is 0 Å². The molecule has 0 fully saturated rings. The molecule has 0 saturated carbocycles. The van der Waals surface area contributed by atoms with E-state index in [9.17, 15) is 0 Å². The topological polar surface area (TPSA) is 13.1 Å². The molecule has 1 atom stereocenters. The van der Waals surface area contributed by atoms with Crippen LogP contribution in [0.1, 0.15) is 21.5 Å². The zero-order valence-corrected chi connectivity index (χ0v) is 10.2. The number of halogens is 1. The van der Waals surface area contributed by atoms with E-state index in [4.69, 9.17) is 4.42 Å². The van der Waals surface area contributed by atoms with Crippen molar-refractivity contribution in [1.82, 2.24) is 0 Å². The second kappa shape index (κ2) is 4.67. The lowest BCUT2D eigenvalue weighted by atomic mass is 10.0. The van der Waals surface area contributed by atoms with Gasteiger partial charge in [-0.1, -0.05) is 45.8 Å². The highest BCUT2D eigenvalue weighted by Gasteiger charge is 2.09. The number of hydrogen-bond donors (Lipinski definition) is 0. The average molecular weight is 265 g/mol. The molecular formula is C13H13BrO. The van der Waals surface area contributed by atoms with Crippen LogP contribution in [0, 0.1) is 6.92 Å². The largest absolute Gasteiger partial charge is 0.472 e. The van der Waals surface area contributed by atoms with Crippen molar-refractivity contribution < 1.29 is 4.42 Å². The number of benzene rings is 1. The third-order valence-corrected chi connectivity index (χ3v) is 3.25. The molecule has 0 saturated heterocycles. The van der Waals surface area contributed by atoms with E-state index in [1.165, 1.54) is 16.7 Å². The van der Waals surface area contributed by atoms with Crippen molar-refractivity contribution in [3.63, 3.8) is 0 Å². The maximum Gasteiger partial charge on any atom is 0.0946 e. The first-order valence-electron chi connectivity index (χ1n) is 4.97. The smallest absolute Gasteiger partial charge is 0.0946 e. The highest BCUT2D eigenvalue weighted by Crippen LogP contribution is 2.27. The first-order valence-corrected chi connectivity index (χ1v) is 5.89. The minimum Gasteiger partial charge on any atom is -0.472 e. The third-order valence-electron chi connectivity index (χ3n) is 2.40. The molecule has 2 rings (SSSR count). The van der Waals surface area contributed by atoms with Gasteiger partial charge in [0.1, 0.15) is 0 Å². The van der Waals surface area contributed by atoms with Crippen LogP contribution in [0.3, 0.4) is 0 Å². The van der Waals surface area contributed by atoms with Crippen LogP contribution >= 0.6 is 15.9 Å². The van der Waals surface area contributed by atoms with Crippen molar-refractivity contribution in [2.45, 2.75) is 18.2 Å². The summed E-state index contributed by atoms with van der Waals surface area (Å²) in [5.74, 6) is 0. The molecule has 0 N–H and O–H groups in total. The summed E-state index contributed by atoms with van der Waals surface area (Å²) in [7, 11) is 0. The van der Waals surface area contributed by atoms with Crippen LogP contribution in [0.2, 0.25) is 0 Å². The van der Waals surface area contributed by atoms with Gasteiger partial charge in [-0.3, -0.25) is 0 Å². The molecule has 0 amide bonds. The minimum atomic E-state index is 0.332. The summed E-state index contributed by atoms with van der Waals surface area (Å²) in [5.41, 5.74) is 3.84. The predicted molar refractivity (Wildman–Crippen MR) is 65.3 cm³/mol. The Hall–Kier alpha value is -1.02. The fraction of sp³-hybridized carbons (Fsp3) is 0.231. The Morgan fingerprint density at radius 2 is 2.20 bits per heavy atom. The third kappa shape index (κ3) is 2.72. The van der Waals surface area contributed by atoms with E-state index in [-0.39, 0.29) is 0 Å². The van der Waals surface area contributed by atoms with Gasteiger partial charge in [-0.25, -0.2) is 0 Å². The number of hydrogen-bond acceptors (Lipinski definition) is 1. The lowest BCUT2D eigenvalue weighted by molar-refractivity contribution is 0.563. The second-order valence-electron chi connectivity index (χ2n) is 3.72. The van der Waals surface area contributed by atoms with Gasteiger partial charge in [-0.05, 0) is 25.0 Å². The van der Waals surface area contributed by atoms with E-state index in [2.05, 4.69) is 47.1 Å². The highest BCUT2D eigenvalue weighted by molar-refractivity contribution is 9.09. The van der Waals surface area contributed by atoms with Crippen molar-refractivity contribution in [3.05, 3.63) is 59.5 Å². The van der Waals surface area contributed by atoms with Gasteiger partial charge >= 0.3 is 0 Å². The molecule has 0 radical (unpaired) electrons. The quantitative estimate of drug-likeness (QED) is 0.755. The van der Waals surface area contributed by atoms with Crippen LogP contribution in [-0.2, 0) is 6.42 Å². The summed E-state index contributed by atoms with van der Waals surface area (Å²) in [4.78, 5) is 0.332. The van der Waals surface area contributed by atoms with Crippen LogP contribution in [0.5, 0.6) is 0 Å². The van der Waals surface area contributed by atoms with Gasteiger partial charge in [-0.2, -0.15) is 0 Å². The van der Waals surface area contributed by atoms with Crippen molar-refractivity contribution in [1.29, 1.82) is 0 Å². The molecule has 15 heavy (non-hydrogen) atoms. The first kappa shape index (κ1) is 10.5.